The maximum absolute atomic E-state index is 11.8. The summed E-state index contributed by atoms with van der Waals surface area (Å²) in [6.45, 7) is 3.76. The monoisotopic (exact) mass is 189 g/mol. The van der Waals surface area contributed by atoms with Crippen LogP contribution in [0.25, 0.3) is 5.65 Å². The molecule has 0 aliphatic carbocycles. The van der Waals surface area contributed by atoms with Crippen molar-refractivity contribution >= 4 is 11.4 Å². The number of aromatic nitrogens is 3. The molecule has 0 saturated carbocycles. The normalized spacial score (nSPS) is 11.1. The van der Waals surface area contributed by atoms with Crippen molar-refractivity contribution in [2.75, 3.05) is 0 Å². The summed E-state index contributed by atoms with van der Waals surface area (Å²) in [7, 11) is 0. The number of fused-ring (bicyclic) bond motifs is 1. The third-order valence-corrected chi connectivity index (χ3v) is 2.11. The molecule has 72 valence electrons. The van der Waals surface area contributed by atoms with Gasteiger partial charge in [-0.05, 0) is 12.1 Å². The average Bonchev–Trinajstić information content (AvgIpc) is 2.63. The van der Waals surface area contributed by atoms with Gasteiger partial charge in [0.2, 0.25) is 0 Å². The second kappa shape index (κ2) is 3.21. The minimum Gasteiger partial charge on any atom is -0.292 e. The van der Waals surface area contributed by atoms with Crippen LogP contribution in [0, 0.1) is 5.92 Å². The zero-order chi connectivity index (χ0) is 10.1. The van der Waals surface area contributed by atoms with E-state index in [-0.39, 0.29) is 11.7 Å². The lowest BCUT2D eigenvalue weighted by molar-refractivity contribution is 0.0933. The summed E-state index contributed by atoms with van der Waals surface area (Å²) in [4.78, 5) is 11.8. The molecule has 0 unspecified atom stereocenters. The molecular formula is C10H11N3O. The first-order valence-electron chi connectivity index (χ1n) is 4.53. The van der Waals surface area contributed by atoms with Crippen molar-refractivity contribution in [2.45, 2.75) is 13.8 Å². The third kappa shape index (κ3) is 1.28. The molecule has 2 rings (SSSR count). The predicted molar refractivity (Wildman–Crippen MR) is 52.2 cm³/mol. The SMILES string of the molecule is CC(C)C(=O)c1cccc2nncn12. The van der Waals surface area contributed by atoms with E-state index in [9.17, 15) is 4.79 Å². The van der Waals surface area contributed by atoms with Crippen molar-refractivity contribution in [3.05, 3.63) is 30.2 Å². The van der Waals surface area contributed by atoms with Gasteiger partial charge < -0.3 is 0 Å². The van der Waals surface area contributed by atoms with E-state index in [1.54, 1.807) is 16.8 Å². The highest BCUT2D eigenvalue weighted by molar-refractivity contribution is 5.96. The van der Waals surface area contributed by atoms with Crippen molar-refractivity contribution in [1.29, 1.82) is 0 Å². The molecule has 0 N–H and O–H groups in total. The fourth-order valence-electron chi connectivity index (χ4n) is 1.35. The third-order valence-electron chi connectivity index (χ3n) is 2.11. The van der Waals surface area contributed by atoms with Gasteiger partial charge in [0.25, 0.3) is 0 Å². The van der Waals surface area contributed by atoms with Crippen molar-refractivity contribution in [2.24, 2.45) is 5.92 Å². The van der Waals surface area contributed by atoms with E-state index in [2.05, 4.69) is 10.2 Å². The Labute approximate surface area is 81.6 Å². The molecule has 0 spiro atoms. The summed E-state index contributed by atoms with van der Waals surface area (Å²) in [5.74, 6) is 0.0957. The van der Waals surface area contributed by atoms with E-state index < -0.39 is 0 Å². The van der Waals surface area contributed by atoms with Gasteiger partial charge in [-0.15, -0.1) is 10.2 Å². The summed E-state index contributed by atoms with van der Waals surface area (Å²) in [6, 6.07) is 5.43. The quantitative estimate of drug-likeness (QED) is 0.673. The van der Waals surface area contributed by atoms with Gasteiger partial charge in [0.15, 0.2) is 11.4 Å². The molecule has 0 aliphatic heterocycles. The summed E-state index contributed by atoms with van der Waals surface area (Å²) in [5, 5.41) is 7.65. The van der Waals surface area contributed by atoms with Gasteiger partial charge in [-0.3, -0.25) is 9.20 Å². The number of carbonyl (C=O) groups excluding carboxylic acids is 1. The van der Waals surface area contributed by atoms with Crippen LogP contribution in [0.4, 0.5) is 0 Å². The lowest BCUT2D eigenvalue weighted by Crippen LogP contribution is -2.11. The molecular weight excluding hydrogens is 178 g/mol. The van der Waals surface area contributed by atoms with Crippen molar-refractivity contribution in [3.63, 3.8) is 0 Å². The second-order valence-electron chi connectivity index (χ2n) is 3.49. The van der Waals surface area contributed by atoms with Gasteiger partial charge in [-0.25, -0.2) is 0 Å². The zero-order valence-corrected chi connectivity index (χ0v) is 8.14. The van der Waals surface area contributed by atoms with Crippen LogP contribution in [0.3, 0.4) is 0 Å². The maximum atomic E-state index is 11.8. The molecule has 2 aromatic heterocycles. The molecule has 0 fully saturated rings. The highest BCUT2D eigenvalue weighted by Gasteiger charge is 2.13. The predicted octanol–water partition coefficient (Wildman–Crippen LogP) is 1.57. The fourth-order valence-corrected chi connectivity index (χ4v) is 1.35. The van der Waals surface area contributed by atoms with E-state index in [1.807, 2.05) is 26.0 Å². The van der Waals surface area contributed by atoms with Crippen LogP contribution in [-0.4, -0.2) is 20.4 Å². The Morgan fingerprint density at radius 2 is 2.21 bits per heavy atom. The van der Waals surface area contributed by atoms with Crippen LogP contribution >= 0.6 is 0 Å². The van der Waals surface area contributed by atoms with Gasteiger partial charge in [-0.2, -0.15) is 0 Å². The second-order valence-corrected chi connectivity index (χ2v) is 3.49. The lowest BCUT2D eigenvalue weighted by Gasteiger charge is -2.05. The lowest BCUT2D eigenvalue weighted by atomic mass is 10.1. The molecule has 2 aromatic rings. The van der Waals surface area contributed by atoms with Gasteiger partial charge >= 0.3 is 0 Å². The number of pyridine rings is 1. The Bertz CT molecular complexity index is 473. The Hall–Kier alpha value is -1.71. The van der Waals surface area contributed by atoms with Crippen LogP contribution in [0.1, 0.15) is 24.3 Å². The highest BCUT2D eigenvalue weighted by Crippen LogP contribution is 2.09. The molecule has 0 aromatic carbocycles. The van der Waals surface area contributed by atoms with Gasteiger partial charge in [0.1, 0.15) is 6.33 Å². The molecule has 2 heterocycles. The summed E-state index contributed by atoms with van der Waals surface area (Å²) < 4.78 is 1.71. The Morgan fingerprint density at radius 3 is 2.93 bits per heavy atom. The van der Waals surface area contributed by atoms with E-state index in [1.165, 1.54) is 0 Å². The van der Waals surface area contributed by atoms with Gasteiger partial charge in [0.05, 0.1) is 5.69 Å². The van der Waals surface area contributed by atoms with Crippen molar-refractivity contribution < 1.29 is 4.79 Å². The van der Waals surface area contributed by atoms with E-state index in [0.717, 1.165) is 0 Å². The van der Waals surface area contributed by atoms with Crippen LogP contribution in [0.5, 0.6) is 0 Å². The Balaban J connectivity index is 2.62. The van der Waals surface area contributed by atoms with Crippen molar-refractivity contribution in [1.82, 2.24) is 14.6 Å². The standard InChI is InChI=1S/C10H11N3O/c1-7(2)10(14)8-4-3-5-9-12-11-6-13(8)9/h3-7H,1-2H3. The van der Waals surface area contributed by atoms with E-state index in [0.29, 0.717) is 11.3 Å². The smallest absolute Gasteiger partial charge is 0.182 e. The first-order chi connectivity index (χ1) is 6.70. The molecule has 0 saturated heterocycles. The first kappa shape index (κ1) is 8.87. The molecule has 0 radical (unpaired) electrons. The number of carbonyl (C=O) groups is 1. The average molecular weight is 189 g/mol. The van der Waals surface area contributed by atoms with Crippen LogP contribution in [0.2, 0.25) is 0 Å². The van der Waals surface area contributed by atoms with Gasteiger partial charge in [0, 0.05) is 5.92 Å². The van der Waals surface area contributed by atoms with Crippen molar-refractivity contribution in [3.8, 4) is 0 Å². The fraction of sp³-hybridized carbons (Fsp3) is 0.300. The van der Waals surface area contributed by atoms with Crippen LogP contribution in [0.15, 0.2) is 24.5 Å². The number of ketones is 1. The number of nitrogens with zero attached hydrogens (tertiary/aromatic N) is 3. The molecule has 0 amide bonds. The molecule has 0 bridgehead atoms. The minimum atomic E-state index is -0.0111. The Kier molecular flexibility index (Phi) is 2.04. The topological polar surface area (TPSA) is 47.3 Å². The molecule has 4 nitrogen and oxygen atoms in total. The number of hydrogen-bond donors (Lipinski definition) is 0. The van der Waals surface area contributed by atoms with Crippen LogP contribution in [-0.2, 0) is 0 Å². The zero-order valence-electron chi connectivity index (χ0n) is 8.14. The minimum absolute atomic E-state index is 0.0111. The number of Topliss-reactive ketones (excluding diaryl/α,β-unsaturated/α-hetero) is 1. The molecule has 4 heteroatoms. The number of rotatable bonds is 2. The van der Waals surface area contributed by atoms with Crippen LogP contribution < -0.4 is 0 Å². The Morgan fingerprint density at radius 1 is 1.43 bits per heavy atom. The molecule has 14 heavy (non-hydrogen) atoms. The molecule has 0 atom stereocenters. The maximum Gasteiger partial charge on any atom is 0.182 e. The summed E-state index contributed by atoms with van der Waals surface area (Å²) in [6.07, 6.45) is 1.56. The number of hydrogen-bond acceptors (Lipinski definition) is 3. The van der Waals surface area contributed by atoms with E-state index >= 15 is 0 Å². The summed E-state index contributed by atoms with van der Waals surface area (Å²) in [5.41, 5.74) is 1.35. The first-order valence-corrected chi connectivity index (χ1v) is 4.53. The molecule has 0 aliphatic rings. The highest BCUT2D eigenvalue weighted by atomic mass is 16.1. The largest absolute Gasteiger partial charge is 0.292 e. The van der Waals surface area contributed by atoms with E-state index in [4.69, 9.17) is 0 Å². The van der Waals surface area contributed by atoms with Gasteiger partial charge in [-0.1, -0.05) is 19.9 Å². The summed E-state index contributed by atoms with van der Waals surface area (Å²) >= 11 is 0.